The molecular weight excluding hydrogens is 406 g/mol. The summed E-state index contributed by atoms with van der Waals surface area (Å²) in [5, 5.41) is 3.10. The normalized spacial score (nSPS) is 24.8. The first-order valence-electron chi connectivity index (χ1n) is 10.9. The zero-order valence-corrected chi connectivity index (χ0v) is 21.8. The molecule has 0 aromatic heterocycles. The van der Waals surface area contributed by atoms with Crippen LogP contribution >= 0.6 is 0 Å². The summed E-state index contributed by atoms with van der Waals surface area (Å²) >= 11 is 0. The van der Waals surface area contributed by atoms with Crippen molar-refractivity contribution in [2.75, 3.05) is 14.2 Å². The van der Waals surface area contributed by atoms with Crippen LogP contribution in [0.2, 0.25) is 39.3 Å². The number of likely N-dealkylation sites (N-methyl/N-ethyl adjacent to an activating group) is 1. The lowest BCUT2D eigenvalue weighted by atomic mass is 9.72. The van der Waals surface area contributed by atoms with Crippen molar-refractivity contribution in [3.8, 4) is 11.5 Å². The number of amides is 1. The Kier molecular flexibility index (Phi) is 4.90. The van der Waals surface area contributed by atoms with Crippen LogP contribution in [0.15, 0.2) is 34.2 Å². The van der Waals surface area contributed by atoms with E-state index in [1.54, 1.807) is 19.2 Å². The minimum Gasteiger partial charge on any atom is -0.493 e. The third-order valence-electron chi connectivity index (χ3n) is 6.95. The Balaban J connectivity index is 2.03. The van der Waals surface area contributed by atoms with Crippen LogP contribution in [0.4, 0.5) is 0 Å². The Bertz CT molecular complexity index is 981. The Morgan fingerprint density at radius 3 is 2.33 bits per heavy atom. The van der Waals surface area contributed by atoms with Gasteiger partial charge in [0.25, 0.3) is 0 Å². The number of carbonyl (C=O) groups excluding carboxylic acids is 1. The molecule has 1 aliphatic heterocycles. The van der Waals surface area contributed by atoms with Crippen LogP contribution in [0.5, 0.6) is 11.5 Å². The molecular formula is C24H35NO3Si2. The average Bonchev–Trinajstić information content (AvgIpc) is 3.03. The molecule has 1 aromatic rings. The number of allylic oxidation sites excluding steroid dienone is 2. The highest BCUT2D eigenvalue weighted by atomic mass is 28.3. The predicted octanol–water partition coefficient (Wildman–Crippen LogP) is 4.93. The molecule has 0 spiro atoms. The minimum absolute atomic E-state index is 0.0339. The van der Waals surface area contributed by atoms with E-state index in [4.69, 9.17) is 9.47 Å². The topological polar surface area (TPSA) is 38.8 Å². The number of hydrogen-bond donors (Lipinski definition) is 0. The summed E-state index contributed by atoms with van der Waals surface area (Å²) in [6.07, 6.45) is 3.36. The largest absolute Gasteiger partial charge is 0.493 e. The van der Waals surface area contributed by atoms with Gasteiger partial charge in [-0.2, -0.15) is 0 Å². The zero-order valence-electron chi connectivity index (χ0n) is 19.8. The molecule has 0 saturated heterocycles. The van der Waals surface area contributed by atoms with Gasteiger partial charge in [-0.1, -0.05) is 56.6 Å². The maximum absolute atomic E-state index is 12.4. The monoisotopic (exact) mass is 441 g/mol. The quantitative estimate of drug-likeness (QED) is 0.622. The summed E-state index contributed by atoms with van der Waals surface area (Å²) in [6.45, 7) is 16.3. The SMILES string of the molecule is COc1ccc2c3c1O[C@H]1C([Si](C)(C)C)=C([Si](C)(C)C)C=C([C@H](N(C)C(C)=O)C2)[C@@H]31. The number of carbonyl (C=O) groups is 1. The number of methoxy groups -OCH3 is 1. The Hall–Kier alpha value is -1.80. The highest BCUT2D eigenvalue weighted by molar-refractivity contribution is 6.90. The van der Waals surface area contributed by atoms with Crippen LogP contribution in [0.25, 0.3) is 0 Å². The molecule has 0 N–H and O–H groups in total. The van der Waals surface area contributed by atoms with Crippen LogP contribution < -0.4 is 9.47 Å². The van der Waals surface area contributed by atoms with Crippen molar-refractivity contribution in [1.82, 2.24) is 4.90 Å². The zero-order chi connectivity index (χ0) is 22.2. The van der Waals surface area contributed by atoms with Gasteiger partial charge in [-0.25, -0.2) is 0 Å². The van der Waals surface area contributed by atoms with Crippen molar-refractivity contribution in [2.45, 2.75) is 70.7 Å². The van der Waals surface area contributed by atoms with E-state index in [-0.39, 0.29) is 24.0 Å². The molecule has 3 aliphatic rings. The fraction of sp³-hybridized carbons (Fsp3) is 0.542. The van der Waals surface area contributed by atoms with Crippen molar-refractivity contribution >= 4 is 22.1 Å². The average molecular weight is 442 g/mol. The summed E-state index contributed by atoms with van der Waals surface area (Å²) in [5.41, 5.74) is 3.95. The number of hydrogen-bond acceptors (Lipinski definition) is 3. The van der Waals surface area contributed by atoms with Crippen molar-refractivity contribution in [3.05, 3.63) is 45.3 Å². The maximum Gasteiger partial charge on any atom is 0.219 e. The van der Waals surface area contributed by atoms with Gasteiger partial charge < -0.3 is 14.4 Å². The second kappa shape index (κ2) is 6.85. The fourth-order valence-corrected chi connectivity index (χ4v) is 11.2. The third kappa shape index (κ3) is 3.11. The van der Waals surface area contributed by atoms with Crippen molar-refractivity contribution in [1.29, 1.82) is 0 Å². The third-order valence-corrected chi connectivity index (χ3v) is 11.4. The number of rotatable bonds is 4. The summed E-state index contributed by atoms with van der Waals surface area (Å²) in [6, 6.07) is 4.29. The van der Waals surface area contributed by atoms with Crippen LogP contribution in [-0.2, 0) is 11.2 Å². The lowest BCUT2D eigenvalue weighted by molar-refractivity contribution is -0.129. The molecule has 6 heteroatoms. The van der Waals surface area contributed by atoms with Crippen molar-refractivity contribution in [3.63, 3.8) is 0 Å². The molecule has 1 amide bonds. The Morgan fingerprint density at radius 1 is 1.13 bits per heavy atom. The summed E-state index contributed by atoms with van der Waals surface area (Å²) < 4.78 is 12.5. The van der Waals surface area contributed by atoms with Gasteiger partial charge in [0.1, 0.15) is 6.10 Å². The van der Waals surface area contributed by atoms with Gasteiger partial charge in [-0.15, -0.1) is 0 Å². The second-order valence-electron chi connectivity index (χ2n) is 11.0. The van der Waals surface area contributed by atoms with E-state index in [9.17, 15) is 4.79 Å². The van der Waals surface area contributed by atoms with Gasteiger partial charge in [0.15, 0.2) is 11.5 Å². The Morgan fingerprint density at radius 2 is 1.80 bits per heavy atom. The minimum atomic E-state index is -1.65. The molecule has 1 aromatic carbocycles. The summed E-state index contributed by atoms with van der Waals surface area (Å²) in [7, 11) is 0.393. The van der Waals surface area contributed by atoms with Crippen LogP contribution in [-0.4, -0.2) is 53.3 Å². The lowest BCUT2D eigenvalue weighted by Crippen LogP contribution is -2.49. The number of ether oxygens (including phenoxy) is 2. The van der Waals surface area contributed by atoms with E-state index in [1.807, 2.05) is 18.0 Å². The standard InChI is InChI=1S/C24H35NO3Si2/c1-14(26)25(2)17-12-15-10-11-18(27-3)22-20(15)21-16(17)13-19(29(4,5)6)24(23(21)28-22)30(7,8)9/h10-11,13,17,21,23H,12H2,1-9H3/t17-,21+,23-/m1/s1. The first kappa shape index (κ1) is 21.4. The molecule has 0 saturated carbocycles. The highest BCUT2D eigenvalue weighted by Crippen LogP contribution is 2.58. The number of benzene rings is 1. The van der Waals surface area contributed by atoms with Crippen LogP contribution in [0.3, 0.4) is 0 Å². The lowest BCUT2D eigenvalue weighted by Gasteiger charge is -2.45. The van der Waals surface area contributed by atoms with Gasteiger partial charge in [-0.3, -0.25) is 4.79 Å². The second-order valence-corrected chi connectivity index (χ2v) is 21.1. The molecule has 0 radical (unpaired) electrons. The van der Waals surface area contributed by atoms with E-state index in [0.29, 0.717) is 0 Å². The first-order valence-corrected chi connectivity index (χ1v) is 17.9. The van der Waals surface area contributed by atoms with Crippen LogP contribution in [0, 0.1) is 0 Å². The van der Waals surface area contributed by atoms with Crippen LogP contribution in [0.1, 0.15) is 24.0 Å². The smallest absolute Gasteiger partial charge is 0.219 e. The molecule has 162 valence electrons. The predicted molar refractivity (Wildman–Crippen MR) is 128 cm³/mol. The van der Waals surface area contributed by atoms with Crippen molar-refractivity contribution < 1.29 is 14.3 Å². The van der Waals surface area contributed by atoms with E-state index < -0.39 is 16.1 Å². The van der Waals surface area contributed by atoms with Gasteiger partial charge >= 0.3 is 0 Å². The molecule has 0 unspecified atom stereocenters. The summed E-state index contributed by atoms with van der Waals surface area (Å²) in [5.74, 6) is 2.05. The maximum atomic E-state index is 12.4. The summed E-state index contributed by atoms with van der Waals surface area (Å²) in [4.78, 5) is 14.3. The highest BCUT2D eigenvalue weighted by Gasteiger charge is 2.53. The van der Waals surface area contributed by atoms with E-state index in [1.165, 1.54) is 21.9 Å². The Labute approximate surface area is 183 Å². The molecule has 0 fully saturated rings. The molecule has 3 atom stereocenters. The van der Waals surface area contributed by atoms with Crippen molar-refractivity contribution in [2.24, 2.45) is 0 Å². The van der Waals surface area contributed by atoms with Gasteiger partial charge in [0, 0.05) is 19.5 Å². The van der Waals surface area contributed by atoms with E-state index in [0.717, 1.165) is 17.9 Å². The molecule has 0 bridgehead atoms. The van der Waals surface area contributed by atoms with Gasteiger partial charge in [0.05, 0.1) is 35.2 Å². The molecule has 4 rings (SSSR count). The number of nitrogens with zero attached hydrogens (tertiary/aromatic N) is 1. The van der Waals surface area contributed by atoms with E-state index >= 15 is 0 Å². The molecule has 2 aliphatic carbocycles. The molecule has 1 heterocycles. The fourth-order valence-electron chi connectivity index (χ4n) is 5.48. The first-order chi connectivity index (χ1) is 13.9. The molecule has 4 nitrogen and oxygen atoms in total. The van der Waals surface area contributed by atoms with Gasteiger partial charge in [-0.05, 0) is 28.8 Å². The van der Waals surface area contributed by atoms with E-state index in [2.05, 4.69) is 51.4 Å². The van der Waals surface area contributed by atoms with Gasteiger partial charge in [0.2, 0.25) is 5.91 Å². The molecule has 30 heavy (non-hydrogen) atoms.